The second-order valence-electron chi connectivity index (χ2n) is 5.53. The Hall–Kier alpha value is -1.32. The highest BCUT2D eigenvalue weighted by atomic mass is 35.5. The Balaban J connectivity index is 0.00000225. The first-order valence-corrected chi connectivity index (χ1v) is 9.30. The molecule has 138 valence electrons. The fraction of sp³-hybridized carbons (Fsp3) is 0.400. The molecule has 3 rings (SSSR count). The van der Waals surface area contributed by atoms with E-state index in [1.54, 1.807) is 24.5 Å². The standard InChI is InChI=1S/C15H19ClN4O3S.ClH/c1-19-7-6-18-15(19)12-10-17-5-8-20(12)24(21,22)14-9-11(16)3-4-13(14)23-2;/h3-4,6-7,9,12,17H,5,8,10H2,1-2H3;1H. The van der Waals surface area contributed by atoms with Crippen molar-refractivity contribution in [3.05, 3.63) is 41.4 Å². The van der Waals surface area contributed by atoms with Crippen LogP contribution in [-0.2, 0) is 17.1 Å². The molecule has 1 fully saturated rings. The van der Waals surface area contributed by atoms with Gasteiger partial charge < -0.3 is 14.6 Å². The summed E-state index contributed by atoms with van der Waals surface area (Å²) in [4.78, 5) is 4.38. The van der Waals surface area contributed by atoms with Gasteiger partial charge in [-0.25, -0.2) is 13.4 Å². The van der Waals surface area contributed by atoms with Crippen LogP contribution < -0.4 is 10.1 Å². The third-order valence-electron chi connectivity index (χ3n) is 4.06. The average molecular weight is 407 g/mol. The summed E-state index contributed by atoms with van der Waals surface area (Å²) in [6.45, 7) is 1.41. The molecule has 25 heavy (non-hydrogen) atoms. The van der Waals surface area contributed by atoms with Gasteiger partial charge in [-0.1, -0.05) is 11.6 Å². The van der Waals surface area contributed by atoms with Gasteiger partial charge in [0.2, 0.25) is 10.0 Å². The van der Waals surface area contributed by atoms with Gasteiger partial charge in [0, 0.05) is 44.1 Å². The van der Waals surface area contributed by atoms with Crippen molar-refractivity contribution >= 4 is 34.0 Å². The van der Waals surface area contributed by atoms with Crippen molar-refractivity contribution in [3.63, 3.8) is 0 Å². The van der Waals surface area contributed by atoms with Crippen LogP contribution in [0.4, 0.5) is 0 Å². The number of benzene rings is 1. The minimum Gasteiger partial charge on any atom is -0.495 e. The van der Waals surface area contributed by atoms with Crippen molar-refractivity contribution in [2.24, 2.45) is 7.05 Å². The van der Waals surface area contributed by atoms with Gasteiger partial charge >= 0.3 is 0 Å². The van der Waals surface area contributed by atoms with Gasteiger partial charge in [-0.3, -0.25) is 0 Å². The van der Waals surface area contributed by atoms with Crippen LogP contribution in [0.1, 0.15) is 11.9 Å². The first-order valence-electron chi connectivity index (χ1n) is 7.48. The zero-order valence-corrected chi connectivity index (χ0v) is 16.2. The van der Waals surface area contributed by atoms with E-state index in [2.05, 4.69) is 10.3 Å². The Morgan fingerprint density at radius 3 is 2.80 bits per heavy atom. The van der Waals surface area contributed by atoms with Gasteiger partial charge in [0.15, 0.2) is 0 Å². The number of piperazine rings is 1. The van der Waals surface area contributed by atoms with Crippen LogP contribution in [0.2, 0.25) is 5.02 Å². The largest absolute Gasteiger partial charge is 0.495 e. The molecule has 1 aliphatic rings. The number of hydrogen-bond acceptors (Lipinski definition) is 5. The van der Waals surface area contributed by atoms with E-state index < -0.39 is 16.1 Å². The van der Waals surface area contributed by atoms with Gasteiger partial charge in [-0.2, -0.15) is 4.31 Å². The maximum atomic E-state index is 13.3. The van der Waals surface area contributed by atoms with Crippen LogP contribution in [0.3, 0.4) is 0 Å². The number of aromatic nitrogens is 2. The molecule has 0 aliphatic carbocycles. The van der Waals surface area contributed by atoms with Gasteiger partial charge in [-0.15, -0.1) is 12.4 Å². The van der Waals surface area contributed by atoms with Crippen molar-refractivity contribution < 1.29 is 13.2 Å². The average Bonchev–Trinajstić information content (AvgIpc) is 3.00. The summed E-state index contributed by atoms with van der Waals surface area (Å²) in [5.74, 6) is 0.961. The molecule has 0 saturated carbocycles. The number of aryl methyl sites for hydroxylation is 1. The molecule has 1 aliphatic heterocycles. The number of rotatable bonds is 4. The number of methoxy groups -OCH3 is 1. The van der Waals surface area contributed by atoms with Gasteiger partial charge in [-0.05, 0) is 18.2 Å². The number of imidazole rings is 1. The molecule has 1 aromatic carbocycles. The molecular weight excluding hydrogens is 387 g/mol. The zero-order valence-electron chi connectivity index (χ0n) is 13.8. The first kappa shape index (κ1) is 20.0. The molecule has 7 nitrogen and oxygen atoms in total. The van der Waals surface area contributed by atoms with E-state index in [1.807, 2.05) is 11.6 Å². The Morgan fingerprint density at radius 1 is 1.40 bits per heavy atom. The highest BCUT2D eigenvalue weighted by Crippen LogP contribution is 2.34. The Bertz CT molecular complexity index is 841. The lowest BCUT2D eigenvalue weighted by molar-refractivity contribution is 0.257. The number of ether oxygens (including phenoxy) is 1. The summed E-state index contributed by atoms with van der Waals surface area (Å²) in [7, 11) is -0.499. The van der Waals surface area contributed by atoms with E-state index in [-0.39, 0.29) is 23.1 Å². The van der Waals surface area contributed by atoms with Gasteiger partial charge in [0.05, 0.1) is 13.2 Å². The molecule has 1 N–H and O–H groups in total. The minimum absolute atomic E-state index is 0. The predicted octanol–water partition coefficient (Wildman–Crippen LogP) is 1.84. The molecule has 1 unspecified atom stereocenters. The summed E-state index contributed by atoms with van der Waals surface area (Å²) in [6, 6.07) is 4.20. The monoisotopic (exact) mass is 406 g/mol. The molecule has 10 heteroatoms. The molecule has 1 aromatic heterocycles. The van der Waals surface area contributed by atoms with E-state index in [0.29, 0.717) is 30.5 Å². The minimum atomic E-state index is -3.79. The lowest BCUT2D eigenvalue weighted by Gasteiger charge is -2.34. The lowest BCUT2D eigenvalue weighted by atomic mass is 10.2. The van der Waals surface area contributed by atoms with Crippen LogP contribution in [0, 0.1) is 0 Å². The highest BCUT2D eigenvalue weighted by molar-refractivity contribution is 7.89. The van der Waals surface area contributed by atoms with E-state index in [0.717, 1.165) is 0 Å². The SMILES string of the molecule is COc1ccc(Cl)cc1S(=O)(=O)N1CCNCC1c1nccn1C.Cl. The van der Waals surface area contributed by atoms with Gasteiger partial charge in [0.25, 0.3) is 0 Å². The zero-order chi connectivity index (χ0) is 17.3. The molecule has 0 radical (unpaired) electrons. The van der Waals surface area contributed by atoms with Crippen molar-refractivity contribution in [3.8, 4) is 5.75 Å². The van der Waals surface area contributed by atoms with E-state index >= 15 is 0 Å². The first-order chi connectivity index (χ1) is 11.4. The number of sulfonamides is 1. The summed E-state index contributed by atoms with van der Waals surface area (Å²) >= 11 is 6.01. The number of hydrogen-bond donors (Lipinski definition) is 1. The smallest absolute Gasteiger partial charge is 0.247 e. The summed E-state index contributed by atoms with van der Waals surface area (Å²) in [5, 5.41) is 3.57. The number of nitrogens with zero attached hydrogens (tertiary/aromatic N) is 3. The van der Waals surface area contributed by atoms with Crippen LogP contribution in [0.25, 0.3) is 0 Å². The number of halogens is 2. The normalized spacial score (nSPS) is 18.6. The van der Waals surface area contributed by atoms with Crippen LogP contribution >= 0.6 is 24.0 Å². The van der Waals surface area contributed by atoms with Crippen molar-refractivity contribution in [2.45, 2.75) is 10.9 Å². The maximum absolute atomic E-state index is 13.3. The van der Waals surface area contributed by atoms with E-state index in [9.17, 15) is 8.42 Å². The Kier molecular flexibility index (Phi) is 6.34. The Morgan fingerprint density at radius 2 is 2.16 bits per heavy atom. The predicted molar refractivity (Wildman–Crippen MR) is 98.0 cm³/mol. The van der Waals surface area contributed by atoms with Crippen molar-refractivity contribution in [1.82, 2.24) is 19.2 Å². The van der Waals surface area contributed by atoms with Crippen molar-refractivity contribution in [1.29, 1.82) is 0 Å². The third-order valence-corrected chi connectivity index (χ3v) is 6.23. The fourth-order valence-corrected chi connectivity index (χ4v) is 4.88. The topological polar surface area (TPSA) is 76.5 Å². The maximum Gasteiger partial charge on any atom is 0.247 e. The van der Waals surface area contributed by atoms with Crippen LogP contribution in [0.5, 0.6) is 5.75 Å². The van der Waals surface area contributed by atoms with E-state index in [4.69, 9.17) is 16.3 Å². The lowest BCUT2D eigenvalue weighted by Crippen LogP contribution is -2.49. The van der Waals surface area contributed by atoms with Crippen molar-refractivity contribution in [2.75, 3.05) is 26.7 Å². The second kappa shape index (κ2) is 7.92. The quantitative estimate of drug-likeness (QED) is 0.837. The highest BCUT2D eigenvalue weighted by Gasteiger charge is 2.37. The molecule has 0 amide bonds. The molecule has 0 bridgehead atoms. The van der Waals surface area contributed by atoms with Crippen LogP contribution in [-0.4, -0.2) is 49.0 Å². The third kappa shape index (κ3) is 3.78. The fourth-order valence-electron chi connectivity index (χ4n) is 2.87. The van der Waals surface area contributed by atoms with Gasteiger partial charge in [0.1, 0.15) is 16.5 Å². The number of nitrogens with one attached hydrogen (secondary N) is 1. The Labute approximate surface area is 158 Å². The second-order valence-corrected chi connectivity index (χ2v) is 7.82. The molecule has 0 spiro atoms. The molecule has 2 aromatic rings. The van der Waals surface area contributed by atoms with E-state index in [1.165, 1.54) is 17.5 Å². The summed E-state index contributed by atoms with van der Waals surface area (Å²) in [5.41, 5.74) is 0. The molecule has 1 atom stereocenters. The molecule has 2 heterocycles. The van der Waals surface area contributed by atoms with Crippen LogP contribution in [0.15, 0.2) is 35.5 Å². The molecule has 1 saturated heterocycles. The molecular formula is C15H20Cl2N4O3S. The summed E-state index contributed by atoms with van der Waals surface area (Å²) < 4.78 is 35.0. The summed E-state index contributed by atoms with van der Waals surface area (Å²) in [6.07, 6.45) is 3.46.